The van der Waals surface area contributed by atoms with Crippen LogP contribution in [0.25, 0.3) is 0 Å². The summed E-state index contributed by atoms with van der Waals surface area (Å²) in [5.74, 6) is 0.534. The number of hydrogen-bond donors (Lipinski definition) is 1. The first-order valence-electron chi connectivity index (χ1n) is 7.02. The third-order valence-corrected chi connectivity index (χ3v) is 4.06. The second-order valence-corrected chi connectivity index (χ2v) is 5.39. The molecule has 0 amide bonds. The largest absolute Gasteiger partial charge is 0.395 e. The van der Waals surface area contributed by atoms with E-state index in [1.165, 1.54) is 12.1 Å². The van der Waals surface area contributed by atoms with Gasteiger partial charge < -0.3 is 5.11 Å². The Morgan fingerprint density at radius 3 is 2.90 bits per heavy atom. The molecular weight excluding hydrogens is 273 g/mol. The topological polar surface area (TPSA) is 67.1 Å². The maximum atomic E-state index is 13.4. The first kappa shape index (κ1) is 14.1. The van der Waals surface area contributed by atoms with Crippen LogP contribution < -0.4 is 0 Å². The van der Waals surface area contributed by atoms with E-state index >= 15 is 0 Å². The number of halogens is 1. The molecular formula is C14H18FN5O. The number of aliphatic hydroxyl groups is 1. The summed E-state index contributed by atoms with van der Waals surface area (Å²) in [7, 11) is 1.81. The van der Waals surface area contributed by atoms with Gasteiger partial charge in [-0.2, -0.15) is 0 Å². The summed E-state index contributed by atoms with van der Waals surface area (Å²) in [6, 6.07) is 6.65. The molecule has 1 aromatic carbocycles. The van der Waals surface area contributed by atoms with Crippen molar-refractivity contribution >= 4 is 0 Å². The van der Waals surface area contributed by atoms with E-state index in [0.29, 0.717) is 6.54 Å². The van der Waals surface area contributed by atoms with Crippen LogP contribution in [0.15, 0.2) is 24.3 Å². The van der Waals surface area contributed by atoms with Gasteiger partial charge >= 0.3 is 0 Å². The molecule has 2 atom stereocenters. The van der Waals surface area contributed by atoms with Gasteiger partial charge in [-0.05, 0) is 41.0 Å². The first-order valence-corrected chi connectivity index (χ1v) is 7.02. The van der Waals surface area contributed by atoms with Crippen molar-refractivity contribution in [3.63, 3.8) is 0 Å². The van der Waals surface area contributed by atoms with Crippen LogP contribution in [-0.4, -0.2) is 42.9 Å². The van der Waals surface area contributed by atoms with E-state index < -0.39 is 0 Å². The van der Waals surface area contributed by atoms with Gasteiger partial charge in [-0.3, -0.25) is 4.90 Å². The number of aryl methyl sites for hydroxylation is 1. The average Bonchev–Trinajstić information content (AvgIpc) is 3.05. The Morgan fingerprint density at radius 2 is 2.24 bits per heavy atom. The molecule has 1 fully saturated rings. The van der Waals surface area contributed by atoms with Gasteiger partial charge in [0.2, 0.25) is 0 Å². The lowest BCUT2D eigenvalue weighted by Crippen LogP contribution is -2.34. The minimum Gasteiger partial charge on any atom is -0.395 e. The van der Waals surface area contributed by atoms with E-state index in [1.807, 2.05) is 13.1 Å². The fraction of sp³-hybridized carbons (Fsp3) is 0.500. The Kier molecular flexibility index (Phi) is 3.94. The van der Waals surface area contributed by atoms with Gasteiger partial charge in [0.25, 0.3) is 0 Å². The van der Waals surface area contributed by atoms with Crippen molar-refractivity contribution in [1.82, 2.24) is 25.1 Å². The van der Waals surface area contributed by atoms with Gasteiger partial charge in [-0.15, -0.1) is 5.10 Å². The van der Waals surface area contributed by atoms with Crippen LogP contribution >= 0.6 is 0 Å². The highest BCUT2D eigenvalue weighted by Crippen LogP contribution is 2.35. The molecule has 0 spiro atoms. The van der Waals surface area contributed by atoms with E-state index in [4.69, 9.17) is 0 Å². The van der Waals surface area contributed by atoms with Crippen molar-refractivity contribution in [1.29, 1.82) is 0 Å². The highest BCUT2D eigenvalue weighted by atomic mass is 19.1. The van der Waals surface area contributed by atoms with E-state index in [0.717, 1.165) is 24.2 Å². The molecule has 2 aromatic rings. The van der Waals surface area contributed by atoms with Crippen molar-refractivity contribution in [2.24, 2.45) is 7.05 Å². The third-order valence-electron chi connectivity index (χ3n) is 4.06. The monoisotopic (exact) mass is 291 g/mol. The molecule has 112 valence electrons. The van der Waals surface area contributed by atoms with Crippen molar-refractivity contribution in [3.8, 4) is 0 Å². The summed E-state index contributed by atoms with van der Waals surface area (Å²) in [4.78, 5) is 2.15. The summed E-state index contributed by atoms with van der Waals surface area (Å²) >= 11 is 0. The molecule has 0 radical (unpaired) electrons. The second-order valence-electron chi connectivity index (χ2n) is 5.39. The minimum absolute atomic E-state index is 0.0467. The Bertz CT molecular complexity index is 617. The number of nitrogens with zero attached hydrogens (tertiary/aromatic N) is 5. The SMILES string of the molecule is Cn1nnnc1[C@@H]1CC[C@@H](CO)N1Cc1cccc(F)c1. The van der Waals surface area contributed by atoms with E-state index in [1.54, 1.807) is 10.7 Å². The van der Waals surface area contributed by atoms with Crippen LogP contribution in [0.2, 0.25) is 0 Å². The summed E-state index contributed by atoms with van der Waals surface area (Å²) in [5, 5.41) is 21.2. The first-order chi connectivity index (χ1) is 10.2. The van der Waals surface area contributed by atoms with Gasteiger partial charge in [-0.25, -0.2) is 9.07 Å². The average molecular weight is 291 g/mol. The highest BCUT2D eigenvalue weighted by molar-refractivity contribution is 5.17. The Hall–Kier alpha value is -1.86. The zero-order valence-corrected chi connectivity index (χ0v) is 11.9. The van der Waals surface area contributed by atoms with Gasteiger partial charge in [0.15, 0.2) is 5.82 Å². The quantitative estimate of drug-likeness (QED) is 0.912. The van der Waals surface area contributed by atoms with Gasteiger partial charge in [0.1, 0.15) is 5.82 Å². The summed E-state index contributed by atoms with van der Waals surface area (Å²) in [5.41, 5.74) is 0.885. The minimum atomic E-state index is -0.246. The van der Waals surface area contributed by atoms with Crippen LogP contribution in [0, 0.1) is 5.82 Å². The molecule has 1 aliphatic rings. The fourth-order valence-electron chi connectivity index (χ4n) is 3.01. The molecule has 21 heavy (non-hydrogen) atoms. The number of aliphatic hydroxyl groups excluding tert-OH is 1. The molecule has 2 heterocycles. The number of likely N-dealkylation sites (tertiary alicyclic amines) is 1. The van der Waals surface area contributed by atoms with E-state index in [2.05, 4.69) is 20.4 Å². The predicted octanol–water partition coefficient (Wildman–Crippen LogP) is 1.05. The summed E-state index contributed by atoms with van der Waals surface area (Å²) in [6.45, 7) is 0.650. The number of benzene rings is 1. The van der Waals surface area contributed by atoms with Gasteiger partial charge in [0, 0.05) is 19.6 Å². The molecule has 0 aliphatic carbocycles. The summed E-state index contributed by atoms with van der Waals surface area (Å²) < 4.78 is 15.0. The Balaban J connectivity index is 1.86. The van der Waals surface area contributed by atoms with Crippen molar-refractivity contribution in [2.45, 2.75) is 31.5 Å². The smallest absolute Gasteiger partial charge is 0.168 e. The van der Waals surface area contributed by atoms with Crippen LogP contribution in [0.5, 0.6) is 0 Å². The number of rotatable bonds is 4. The number of aromatic nitrogens is 4. The lowest BCUT2D eigenvalue weighted by atomic mass is 10.1. The zero-order chi connectivity index (χ0) is 14.8. The van der Waals surface area contributed by atoms with Gasteiger partial charge in [-0.1, -0.05) is 12.1 Å². The van der Waals surface area contributed by atoms with Crippen LogP contribution in [0.4, 0.5) is 4.39 Å². The van der Waals surface area contributed by atoms with Crippen molar-refractivity contribution in [2.75, 3.05) is 6.61 Å². The maximum absolute atomic E-state index is 13.4. The lowest BCUT2D eigenvalue weighted by molar-refractivity contribution is 0.117. The lowest BCUT2D eigenvalue weighted by Gasteiger charge is -2.28. The maximum Gasteiger partial charge on any atom is 0.168 e. The molecule has 3 rings (SSSR count). The number of hydrogen-bond acceptors (Lipinski definition) is 5. The molecule has 0 bridgehead atoms. The van der Waals surface area contributed by atoms with Crippen LogP contribution in [-0.2, 0) is 13.6 Å². The van der Waals surface area contributed by atoms with Crippen molar-refractivity contribution in [3.05, 3.63) is 41.5 Å². The normalized spacial score (nSPS) is 22.8. The second kappa shape index (κ2) is 5.87. The molecule has 7 heteroatoms. The highest BCUT2D eigenvalue weighted by Gasteiger charge is 2.36. The molecule has 0 saturated carbocycles. The zero-order valence-electron chi connectivity index (χ0n) is 11.9. The van der Waals surface area contributed by atoms with E-state index in [9.17, 15) is 9.50 Å². The van der Waals surface area contributed by atoms with E-state index in [-0.39, 0.29) is 24.5 Å². The molecule has 1 N–H and O–H groups in total. The molecule has 1 aromatic heterocycles. The standard InChI is InChI=1S/C14H18FN5O/c1-19-14(16-17-18-19)13-6-5-12(9-21)20(13)8-10-3-2-4-11(15)7-10/h2-4,7,12-13,21H,5-6,8-9H2,1H3/t12-,13-/m0/s1. The van der Waals surface area contributed by atoms with Crippen LogP contribution in [0.1, 0.15) is 30.3 Å². The molecule has 0 unspecified atom stereocenters. The molecule has 6 nitrogen and oxygen atoms in total. The predicted molar refractivity (Wildman–Crippen MR) is 73.6 cm³/mol. The summed E-state index contributed by atoms with van der Waals surface area (Å²) in [6.07, 6.45) is 1.76. The molecule has 1 saturated heterocycles. The Labute approximate surface area is 122 Å². The fourth-order valence-corrected chi connectivity index (χ4v) is 3.01. The van der Waals surface area contributed by atoms with Gasteiger partial charge in [0.05, 0.1) is 12.6 Å². The number of tetrazole rings is 1. The van der Waals surface area contributed by atoms with Crippen LogP contribution in [0.3, 0.4) is 0 Å². The third kappa shape index (κ3) is 2.79. The molecule has 1 aliphatic heterocycles. The van der Waals surface area contributed by atoms with Crippen molar-refractivity contribution < 1.29 is 9.50 Å². The Morgan fingerprint density at radius 1 is 1.38 bits per heavy atom.